The molecule has 4 aromatic rings. The van der Waals surface area contributed by atoms with Gasteiger partial charge in [-0.25, -0.2) is 4.98 Å². The molecule has 0 aliphatic rings. The minimum atomic E-state index is -0.441. The van der Waals surface area contributed by atoms with E-state index in [-0.39, 0.29) is 23.8 Å². The first kappa shape index (κ1) is 26.2. The lowest BCUT2D eigenvalue weighted by atomic mass is 10.2. The van der Waals surface area contributed by atoms with Gasteiger partial charge >= 0.3 is 0 Å². The van der Waals surface area contributed by atoms with Crippen LogP contribution in [-0.4, -0.2) is 20.8 Å². The van der Waals surface area contributed by atoms with Gasteiger partial charge in [-0.05, 0) is 73.3 Å². The summed E-state index contributed by atoms with van der Waals surface area (Å²) >= 11 is 10.4. The van der Waals surface area contributed by atoms with Gasteiger partial charge in [-0.3, -0.25) is 14.9 Å². The fraction of sp³-hybridized carbons (Fsp3) is 0.160. The Bertz CT molecular complexity index is 1540. The summed E-state index contributed by atoms with van der Waals surface area (Å²) in [6, 6.07) is 15.3. The van der Waals surface area contributed by atoms with Crippen LogP contribution in [0.4, 0.5) is 5.69 Å². The predicted octanol–water partition coefficient (Wildman–Crippen LogP) is 7.18. The smallest absolute Gasteiger partial charge is 0.282 e. The van der Waals surface area contributed by atoms with Gasteiger partial charge in [0, 0.05) is 22.5 Å². The molecule has 1 aromatic heterocycles. The van der Waals surface area contributed by atoms with Crippen LogP contribution in [0.5, 0.6) is 5.75 Å². The van der Waals surface area contributed by atoms with Crippen LogP contribution in [0.15, 0.2) is 77.9 Å². The molecule has 0 bridgehead atoms. The molecule has 4 rings (SSSR count). The number of benzene rings is 3. The molecule has 0 unspecified atom stereocenters. The lowest BCUT2D eigenvalue weighted by Crippen LogP contribution is -2.23. The average molecular weight is 679 g/mol. The number of non-ortho nitro benzene ring substituents is 1. The molecule has 0 saturated carbocycles. The molecule has 0 amide bonds. The molecular formula is C25H19Br3N4O4. The Balaban J connectivity index is 1.63. The summed E-state index contributed by atoms with van der Waals surface area (Å²) in [6.07, 6.45) is 1.58. The molecule has 36 heavy (non-hydrogen) atoms. The third-order valence-corrected chi connectivity index (χ3v) is 6.87. The number of fused-ring (bicyclic) bond motifs is 1. The SMILES string of the molecule is CC(C)c1nc2ccc(Br)cc2c(=O)n1N=Cc1cc(Br)c(OCc2cccc([N+](=O)[O-])c2)c(Br)c1. The Morgan fingerprint density at radius 2 is 1.83 bits per heavy atom. The van der Waals surface area contributed by atoms with Gasteiger partial charge in [-0.15, -0.1) is 0 Å². The molecule has 0 fully saturated rings. The van der Waals surface area contributed by atoms with Crippen molar-refractivity contribution >= 4 is 70.6 Å². The van der Waals surface area contributed by atoms with E-state index >= 15 is 0 Å². The summed E-state index contributed by atoms with van der Waals surface area (Å²) in [4.78, 5) is 28.4. The predicted molar refractivity (Wildman–Crippen MR) is 150 cm³/mol. The molecule has 0 saturated heterocycles. The van der Waals surface area contributed by atoms with Crippen molar-refractivity contribution in [2.45, 2.75) is 26.4 Å². The van der Waals surface area contributed by atoms with Gasteiger partial charge in [0.15, 0.2) is 0 Å². The molecule has 0 N–H and O–H groups in total. The lowest BCUT2D eigenvalue weighted by molar-refractivity contribution is -0.384. The number of nitro groups is 1. The highest BCUT2D eigenvalue weighted by Crippen LogP contribution is 2.35. The van der Waals surface area contributed by atoms with Crippen LogP contribution in [0.3, 0.4) is 0 Å². The summed E-state index contributed by atoms with van der Waals surface area (Å²) in [7, 11) is 0. The van der Waals surface area contributed by atoms with Gasteiger partial charge in [0.05, 0.1) is 31.0 Å². The first-order valence-corrected chi connectivity index (χ1v) is 13.1. The number of nitro benzene ring substituents is 1. The van der Waals surface area contributed by atoms with E-state index in [1.807, 2.05) is 32.0 Å². The van der Waals surface area contributed by atoms with Crippen molar-refractivity contribution in [2.75, 3.05) is 0 Å². The zero-order valence-corrected chi connectivity index (χ0v) is 23.9. The summed E-state index contributed by atoms with van der Waals surface area (Å²) in [5.74, 6) is 1.07. The van der Waals surface area contributed by atoms with Crippen molar-refractivity contribution < 1.29 is 9.66 Å². The van der Waals surface area contributed by atoms with Gasteiger partial charge in [0.1, 0.15) is 18.2 Å². The second kappa shape index (κ2) is 11.0. The molecule has 1 heterocycles. The molecule has 0 aliphatic carbocycles. The number of rotatable bonds is 7. The lowest BCUT2D eigenvalue weighted by Gasteiger charge is -2.13. The summed E-state index contributed by atoms with van der Waals surface area (Å²) in [5.41, 5.74) is 1.76. The zero-order valence-electron chi connectivity index (χ0n) is 19.1. The molecule has 0 radical (unpaired) electrons. The van der Waals surface area contributed by atoms with Gasteiger partial charge in [0.2, 0.25) is 0 Å². The topological polar surface area (TPSA) is 99.6 Å². The standard InChI is InChI=1S/C25H19Br3N4O4/c1-14(2)24-30-22-7-6-17(26)11-19(22)25(33)31(24)29-12-16-9-20(27)23(21(28)10-16)36-13-15-4-3-5-18(8-15)32(34)35/h3-12,14H,13H2,1-2H3. The monoisotopic (exact) mass is 676 g/mol. The van der Waals surface area contributed by atoms with E-state index in [1.165, 1.54) is 16.8 Å². The Labute approximate surface area is 231 Å². The van der Waals surface area contributed by atoms with Crippen molar-refractivity contribution in [3.63, 3.8) is 0 Å². The minimum Gasteiger partial charge on any atom is -0.487 e. The quantitative estimate of drug-likeness (QED) is 0.117. The number of hydrogen-bond donors (Lipinski definition) is 0. The van der Waals surface area contributed by atoms with Crippen LogP contribution in [0.2, 0.25) is 0 Å². The Morgan fingerprint density at radius 3 is 2.50 bits per heavy atom. The van der Waals surface area contributed by atoms with E-state index in [9.17, 15) is 14.9 Å². The molecule has 0 atom stereocenters. The van der Waals surface area contributed by atoms with E-state index in [1.54, 1.807) is 30.5 Å². The van der Waals surface area contributed by atoms with Crippen molar-refractivity contribution in [1.82, 2.24) is 9.66 Å². The van der Waals surface area contributed by atoms with Crippen LogP contribution in [0.1, 0.15) is 36.7 Å². The first-order chi connectivity index (χ1) is 17.1. The second-order valence-electron chi connectivity index (χ2n) is 8.18. The maximum absolute atomic E-state index is 13.2. The van der Waals surface area contributed by atoms with Crippen LogP contribution < -0.4 is 10.3 Å². The summed E-state index contributed by atoms with van der Waals surface area (Å²) in [6.45, 7) is 4.07. The zero-order chi connectivity index (χ0) is 26.0. The van der Waals surface area contributed by atoms with Gasteiger partial charge in [0.25, 0.3) is 11.2 Å². The highest BCUT2D eigenvalue weighted by atomic mass is 79.9. The van der Waals surface area contributed by atoms with Crippen LogP contribution in [0.25, 0.3) is 10.9 Å². The second-order valence-corrected chi connectivity index (χ2v) is 10.8. The number of nitrogens with zero attached hydrogens (tertiary/aromatic N) is 4. The third-order valence-electron chi connectivity index (χ3n) is 5.20. The molecule has 3 aromatic carbocycles. The third kappa shape index (κ3) is 5.74. The molecule has 11 heteroatoms. The Hall–Kier alpha value is -2.89. The largest absolute Gasteiger partial charge is 0.487 e. The molecule has 8 nitrogen and oxygen atoms in total. The van der Waals surface area contributed by atoms with Crippen molar-refractivity contribution in [3.05, 3.63) is 105 Å². The van der Waals surface area contributed by atoms with E-state index < -0.39 is 4.92 Å². The number of ether oxygens (including phenoxy) is 1. The van der Waals surface area contributed by atoms with Crippen molar-refractivity contribution in [2.24, 2.45) is 5.10 Å². The molecular weight excluding hydrogens is 660 g/mol. The van der Waals surface area contributed by atoms with Crippen LogP contribution in [0, 0.1) is 10.1 Å². The highest BCUT2D eigenvalue weighted by molar-refractivity contribution is 9.11. The fourth-order valence-corrected chi connectivity index (χ4v) is 5.29. The first-order valence-electron chi connectivity index (χ1n) is 10.8. The van der Waals surface area contributed by atoms with E-state index in [4.69, 9.17) is 4.74 Å². The summed E-state index contributed by atoms with van der Waals surface area (Å²) < 4.78 is 9.33. The normalized spacial score (nSPS) is 11.5. The van der Waals surface area contributed by atoms with E-state index in [2.05, 4.69) is 57.9 Å². The number of hydrogen-bond acceptors (Lipinski definition) is 6. The van der Waals surface area contributed by atoms with Crippen molar-refractivity contribution in [1.29, 1.82) is 0 Å². The van der Waals surface area contributed by atoms with Crippen molar-refractivity contribution in [3.8, 4) is 5.75 Å². The van der Waals surface area contributed by atoms with Gasteiger partial charge < -0.3 is 4.74 Å². The van der Waals surface area contributed by atoms with Crippen LogP contribution in [-0.2, 0) is 6.61 Å². The number of aromatic nitrogens is 2. The van der Waals surface area contributed by atoms with Crippen LogP contribution >= 0.6 is 47.8 Å². The fourth-order valence-electron chi connectivity index (χ4n) is 3.48. The van der Waals surface area contributed by atoms with E-state index in [0.29, 0.717) is 42.5 Å². The molecule has 0 aliphatic heterocycles. The maximum Gasteiger partial charge on any atom is 0.282 e. The maximum atomic E-state index is 13.2. The highest BCUT2D eigenvalue weighted by Gasteiger charge is 2.15. The van der Waals surface area contributed by atoms with Gasteiger partial charge in [-0.2, -0.15) is 9.78 Å². The molecule has 184 valence electrons. The number of halogens is 3. The Kier molecular flexibility index (Phi) is 8.01. The Morgan fingerprint density at radius 1 is 1.11 bits per heavy atom. The average Bonchev–Trinajstić information content (AvgIpc) is 2.83. The van der Waals surface area contributed by atoms with E-state index in [0.717, 1.165) is 4.47 Å². The summed E-state index contributed by atoms with van der Waals surface area (Å²) in [5, 5.41) is 15.9. The van der Waals surface area contributed by atoms with Gasteiger partial charge in [-0.1, -0.05) is 41.9 Å². The minimum absolute atomic E-state index is 0.00679. The molecule has 0 spiro atoms.